The summed E-state index contributed by atoms with van der Waals surface area (Å²) >= 11 is 0. The smallest absolute Gasteiger partial charge is 0.251 e. The number of nitrogens with one attached hydrogen (secondary N) is 6. The van der Waals surface area contributed by atoms with Gasteiger partial charge >= 0.3 is 0 Å². The van der Waals surface area contributed by atoms with Crippen LogP contribution < -0.4 is 32.1 Å². The van der Waals surface area contributed by atoms with E-state index in [-0.39, 0.29) is 12.1 Å². The fourth-order valence-corrected chi connectivity index (χ4v) is 6.27. The Morgan fingerprint density at radius 3 is 2.82 bits per heavy atom. The number of hydrogen-bond donors (Lipinski definition) is 6. The maximum atomic E-state index is 12.9. The molecule has 9 nitrogen and oxygen atoms in total. The molecule has 34 heavy (non-hydrogen) atoms. The lowest BCUT2D eigenvalue weighted by Crippen LogP contribution is -2.51. The van der Waals surface area contributed by atoms with Gasteiger partial charge in [-0.15, -0.1) is 0 Å². The van der Waals surface area contributed by atoms with Crippen molar-refractivity contribution in [3.63, 3.8) is 0 Å². The lowest BCUT2D eigenvalue weighted by Gasteiger charge is -2.38. The molecule has 1 amide bonds. The Kier molecular flexibility index (Phi) is 7.67. The van der Waals surface area contributed by atoms with Gasteiger partial charge in [0.05, 0.1) is 18.5 Å². The van der Waals surface area contributed by atoms with E-state index in [9.17, 15) is 4.79 Å². The Hall–Kier alpha value is -1.75. The summed E-state index contributed by atoms with van der Waals surface area (Å²) in [6.07, 6.45) is 7.19. The van der Waals surface area contributed by atoms with Crippen molar-refractivity contribution >= 4 is 11.6 Å². The van der Waals surface area contributed by atoms with Gasteiger partial charge in [0.1, 0.15) is 0 Å². The summed E-state index contributed by atoms with van der Waals surface area (Å²) in [6, 6.07) is 8.79. The van der Waals surface area contributed by atoms with Crippen molar-refractivity contribution < 1.29 is 4.79 Å². The molecule has 4 aliphatic heterocycles. The topological polar surface area (TPSA) is 95.7 Å². The number of carbonyl (C=O) groups is 1. The molecule has 4 fully saturated rings. The molecular weight excluding hydrogens is 428 g/mol. The van der Waals surface area contributed by atoms with E-state index in [1.165, 1.54) is 32.1 Å². The first-order valence-corrected chi connectivity index (χ1v) is 13.2. The van der Waals surface area contributed by atoms with Gasteiger partial charge in [-0.2, -0.15) is 0 Å². The number of piperidine rings is 2. The van der Waals surface area contributed by atoms with Crippen LogP contribution in [-0.4, -0.2) is 86.1 Å². The zero-order valence-corrected chi connectivity index (χ0v) is 20.6. The first-order valence-electron chi connectivity index (χ1n) is 13.2. The zero-order valence-electron chi connectivity index (χ0n) is 20.6. The third-order valence-electron chi connectivity index (χ3n) is 8.26. The Balaban J connectivity index is 1.11. The maximum Gasteiger partial charge on any atom is 0.251 e. The van der Waals surface area contributed by atoms with Gasteiger partial charge in [0.25, 0.3) is 5.91 Å². The Bertz CT molecular complexity index is 831. The van der Waals surface area contributed by atoms with Crippen molar-refractivity contribution in [3.05, 3.63) is 29.8 Å². The van der Waals surface area contributed by atoms with Gasteiger partial charge in [0, 0.05) is 43.0 Å². The van der Waals surface area contributed by atoms with Crippen LogP contribution in [0.25, 0.3) is 0 Å². The van der Waals surface area contributed by atoms with E-state index in [0.717, 1.165) is 31.9 Å². The van der Waals surface area contributed by atoms with Crippen LogP contribution in [0.5, 0.6) is 0 Å². The number of carbonyl (C=O) groups excluding carboxylic acids is 1. The minimum absolute atomic E-state index is 0.000473. The highest BCUT2D eigenvalue weighted by Crippen LogP contribution is 2.27. The molecule has 188 valence electrons. The van der Waals surface area contributed by atoms with Crippen LogP contribution in [0, 0.1) is 5.92 Å². The van der Waals surface area contributed by atoms with Gasteiger partial charge in [-0.05, 0) is 83.3 Å². The molecule has 9 heteroatoms. The predicted molar refractivity (Wildman–Crippen MR) is 135 cm³/mol. The van der Waals surface area contributed by atoms with Crippen molar-refractivity contribution in [3.8, 4) is 0 Å². The SMILES string of the molecule is CC1CCCC2NCC(CNC(=O)c3cccc(NCC4NNC(C5CCNCC5)N4C)c3)N12. The molecular formula is C25H42N8O. The lowest BCUT2D eigenvalue weighted by atomic mass is 9.94. The highest BCUT2D eigenvalue weighted by atomic mass is 16.1. The van der Waals surface area contributed by atoms with Crippen molar-refractivity contribution in [1.82, 2.24) is 36.6 Å². The average molecular weight is 471 g/mol. The molecule has 0 spiro atoms. The summed E-state index contributed by atoms with van der Waals surface area (Å²) in [5.41, 5.74) is 8.61. The maximum absolute atomic E-state index is 12.9. The number of nitrogens with zero attached hydrogens (tertiary/aromatic N) is 2. The molecule has 0 aliphatic carbocycles. The molecule has 0 aromatic heterocycles. The molecule has 4 heterocycles. The molecule has 0 saturated carbocycles. The van der Waals surface area contributed by atoms with Crippen LogP contribution in [0.2, 0.25) is 0 Å². The Labute approximate surface area is 203 Å². The van der Waals surface area contributed by atoms with Crippen molar-refractivity contribution in [2.75, 3.05) is 45.1 Å². The van der Waals surface area contributed by atoms with E-state index < -0.39 is 0 Å². The van der Waals surface area contributed by atoms with E-state index >= 15 is 0 Å². The van der Waals surface area contributed by atoms with Crippen molar-refractivity contribution in [1.29, 1.82) is 0 Å². The monoisotopic (exact) mass is 470 g/mol. The predicted octanol–water partition coefficient (Wildman–Crippen LogP) is 0.692. The first kappa shape index (κ1) is 24.0. The summed E-state index contributed by atoms with van der Waals surface area (Å²) < 4.78 is 0. The second kappa shape index (κ2) is 10.9. The van der Waals surface area contributed by atoms with Gasteiger partial charge in [-0.1, -0.05) is 6.07 Å². The van der Waals surface area contributed by atoms with Crippen LogP contribution in [-0.2, 0) is 0 Å². The second-order valence-electron chi connectivity index (χ2n) is 10.5. The highest BCUT2D eigenvalue weighted by Gasteiger charge is 2.38. The van der Waals surface area contributed by atoms with E-state index in [1.807, 2.05) is 24.3 Å². The molecule has 0 radical (unpaired) electrons. The number of hydrazine groups is 1. The van der Waals surface area contributed by atoms with E-state index in [1.54, 1.807) is 0 Å². The third kappa shape index (κ3) is 5.24. The van der Waals surface area contributed by atoms with Gasteiger partial charge in [0.2, 0.25) is 0 Å². The van der Waals surface area contributed by atoms with E-state index in [4.69, 9.17) is 0 Å². The number of rotatable bonds is 7. The molecule has 5 unspecified atom stereocenters. The van der Waals surface area contributed by atoms with Crippen LogP contribution >= 0.6 is 0 Å². The average Bonchev–Trinajstić information content (AvgIpc) is 3.46. The minimum atomic E-state index is 0.000473. The van der Waals surface area contributed by atoms with Crippen molar-refractivity contribution in [2.45, 2.75) is 69.6 Å². The lowest BCUT2D eigenvalue weighted by molar-refractivity contribution is 0.0801. The van der Waals surface area contributed by atoms with Crippen LogP contribution in [0.3, 0.4) is 0 Å². The number of likely N-dealkylation sites (N-methyl/N-ethyl adjacent to an activating group) is 1. The number of benzene rings is 1. The molecule has 6 N–H and O–H groups in total. The summed E-state index contributed by atoms with van der Waals surface area (Å²) in [5, 5.41) is 13.8. The third-order valence-corrected chi connectivity index (χ3v) is 8.26. The van der Waals surface area contributed by atoms with Crippen LogP contribution in [0.15, 0.2) is 24.3 Å². The number of fused-ring (bicyclic) bond motifs is 1. The largest absolute Gasteiger partial charge is 0.382 e. The summed E-state index contributed by atoms with van der Waals surface area (Å²) in [6.45, 7) is 6.91. The summed E-state index contributed by atoms with van der Waals surface area (Å²) in [5.74, 6) is 0.662. The number of amides is 1. The Morgan fingerprint density at radius 2 is 1.97 bits per heavy atom. The molecule has 5 rings (SSSR count). The molecule has 0 bridgehead atoms. The van der Waals surface area contributed by atoms with Crippen LogP contribution in [0.4, 0.5) is 5.69 Å². The van der Waals surface area contributed by atoms with Crippen molar-refractivity contribution in [2.24, 2.45) is 5.92 Å². The highest BCUT2D eigenvalue weighted by molar-refractivity contribution is 5.95. The quantitative estimate of drug-likeness (QED) is 0.347. The van der Waals surface area contributed by atoms with Gasteiger partial charge in [-0.3, -0.25) is 14.6 Å². The number of anilines is 1. The zero-order chi connectivity index (χ0) is 23.5. The normalized spacial score (nSPS) is 33.1. The van der Waals surface area contributed by atoms with E-state index in [0.29, 0.717) is 42.4 Å². The summed E-state index contributed by atoms with van der Waals surface area (Å²) in [7, 11) is 2.18. The molecule has 1 aromatic rings. The van der Waals surface area contributed by atoms with Gasteiger partial charge < -0.3 is 21.3 Å². The minimum Gasteiger partial charge on any atom is -0.382 e. The van der Waals surface area contributed by atoms with Gasteiger partial charge in [-0.25, -0.2) is 10.9 Å². The Morgan fingerprint density at radius 1 is 1.12 bits per heavy atom. The second-order valence-corrected chi connectivity index (χ2v) is 10.5. The fourth-order valence-electron chi connectivity index (χ4n) is 6.27. The van der Waals surface area contributed by atoms with E-state index in [2.05, 4.69) is 55.9 Å². The van der Waals surface area contributed by atoms with Gasteiger partial charge in [0.15, 0.2) is 0 Å². The fraction of sp³-hybridized carbons (Fsp3) is 0.720. The molecule has 1 aromatic carbocycles. The molecule has 4 saturated heterocycles. The standard InChI is InChI=1S/C25H42N8O/c1-17-5-3-8-22-28-14-21(33(17)22)15-29-25(34)19-6-4-7-20(13-19)27-16-23-30-31-24(32(23)2)18-9-11-26-12-10-18/h4,6-7,13,17-18,21-24,26-28,30-31H,3,5,8-12,14-16H2,1-2H3,(H,29,34). The first-order chi connectivity index (χ1) is 16.6. The van der Waals surface area contributed by atoms with Crippen LogP contribution in [0.1, 0.15) is 49.4 Å². The molecule has 4 aliphatic rings. The number of hydrogen-bond acceptors (Lipinski definition) is 8. The molecule has 5 atom stereocenters. The summed E-state index contributed by atoms with van der Waals surface area (Å²) in [4.78, 5) is 17.9.